The van der Waals surface area contributed by atoms with Crippen molar-refractivity contribution in [2.45, 2.75) is 0 Å². The Labute approximate surface area is 171 Å². The lowest BCUT2D eigenvalue weighted by molar-refractivity contribution is 0.0597. The number of ether oxygens (including phenoxy) is 2. The van der Waals surface area contributed by atoms with Crippen molar-refractivity contribution >= 4 is 18.1 Å². The highest BCUT2D eigenvalue weighted by atomic mass is 16.5. The minimum absolute atomic E-state index is 0.0656. The zero-order valence-corrected chi connectivity index (χ0v) is 16.2. The van der Waals surface area contributed by atoms with Gasteiger partial charge in [-0.1, -0.05) is 30.3 Å². The van der Waals surface area contributed by atoms with E-state index in [2.05, 4.69) is 20.5 Å². The molecule has 3 rings (SSSR count). The fraction of sp³-hybridized carbons (Fsp3) is 0.0952. The number of aromatic nitrogens is 2. The van der Waals surface area contributed by atoms with Gasteiger partial charge >= 0.3 is 5.97 Å². The van der Waals surface area contributed by atoms with Crippen molar-refractivity contribution in [3.8, 4) is 23.1 Å². The average molecular weight is 403 g/mol. The number of aromatic amines is 1. The van der Waals surface area contributed by atoms with Crippen LogP contribution in [0.3, 0.4) is 0 Å². The predicted octanol–water partition coefficient (Wildman–Crippen LogP) is 2.55. The number of benzene rings is 2. The van der Waals surface area contributed by atoms with E-state index in [9.17, 15) is 14.9 Å². The molecule has 0 bridgehead atoms. The van der Waals surface area contributed by atoms with Gasteiger partial charge in [0.05, 0.1) is 26.1 Å². The molecule has 0 saturated heterocycles. The lowest BCUT2D eigenvalue weighted by Gasteiger charge is -2.07. The van der Waals surface area contributed by atoms with E-state index in [1.807, 2.05) is 12.1 Å². The Balaban J connectivity index is 1.89. The molecule has 1 heterocycles. The quantitative estimate of drug-likeness (QED) is 0.367. The molecule has 2 aromatic carbocycles. The summed E-state index contributed by atoms with van der Waals surface area (Å²) in [5.74, 6) is -0.103. The fourth-order valence-corrected chi connectivity index (χ4v) is 2.68. The van der Waals surface area contributed by atoms with Crippen LogP contribution in [0.25, 0.3) is 11.3 Å². The number of nitriles is 1. The van der Waals surface area contributed by atoms with Crippen LogP contribution in [0.15, 0.2) is 58.4 Å². The number of H-pyrrole nitrogens is 1. The van der Waals surface area contributed by atoms with Crippen molar-refractivity contribution < 1.29 is 14.3 Å². The summed E-state index contributed by atoms with van der Waals surface area (Å²) in [4.78, 5) is 30.9. The Morgan fingerprint density at radius 3 is 2.67 bits per heavy atom. The molecule has 9 nitrogen and oxygen atoms in total. The van der Waals surface area contributed by atoms with Gasteiger partial charge in [-0.05, 0) is 23.8 Å². The van der Waals surface area contributed by atoms with Crippen LogP contribution >= 0.6 is 0 Å². The van der Waals surface area contributed by atoms with Gasteiger partial charge in [0.2, 0.25) is 5.95 Å². The summed E-state index contributed by atoms with van der Waals surface area (Å²) in [6.45, 7) is 0. The molecular formula is C21H17N5O4. The monoisotopic (exact) mass is 403 g/mol. The molecule has 0 atom stereocenters. The van der Waals surface area contributed by atoms with Crippen LogP contribution in [0.5, 0.6) is 5.75 Å². The SMILES string of the molecule is COC(=O)c1cc(C=NNc2nc(-c3ccccc3)c(C#N)c(=O)[nH]2)ccc1OC. The van der Waals surface area contributed by atoms with E-state index < -0.39 is 11.5 Å². The molecule has 0 spiro atoms. The second-order valence-corrected chi connectivity index (χ2v) is 5.94. The van der Waals surface area contributed by atoms with Crippen molar-refractivity contribution in [1.29, 1.82) is 5.26 Å². The number of methoxy groups -OCH3 is 2. The van der Waals surface area contributed by atoms with Crippen LogP contribution in [0.2, 0.25) is 0 Å². The molecule has 0 amide bonds. The van der Waals surface area contributed by atoms with Gasteiger partial charge in [0.15, 0.2) is 0 Å². The fourth-order valence-electron chi connectivity index (χ4n) is 2.68. The molecule has 0 unspecified atom stereocenters. The number of hydrogen-bond donors (Lipinski definition) is 2. The summed E-state index contributed by atoms with van der Waals surface area (Å²) >= 11 is 0. The summed E-state index contributed by atoms with van der Waals surface area (Å²) in [6, 6.07) is 15.6. The predicted molar refractivity (Wildman–Crippen MR) is 111 cm³/mol. The zero-order chi connectivity index (χ0) is 21.5. The largest absolute Gasteiger partial charge is 0.496 e. The first-order valence-corrected chi connectivity index (χ1v) is 8.72. The van der Waals surface area contributed by atoms with Crippen LogP contribution < -0.4 is 15.7 Å². The number of anilines is 1. The van der Waals surface area contributed by atoms with Gasteiger partial charge in [-0.15, -0.1) is 0 Å². The van der Waals surface area contributed by atoms with Crippen molar-refractivity contribution in [3.05, 3.63) is 75.6 Å². The minimum atomic E-state index is -0.582. The van der Waals surface area contributed by atoms with E-state index >= 15 is 0 Å². The highest BCUT2D eigenvalue weighted by molar-refractivity contribution is 5.95. The maximum atomic E-state index is 12.2. The summed E-state index contributed by atoms with van der Waals surface area (Å²) in [7, 11) is 2.73. The molecule has 0 fully saturated rings. The topological polar surface area (TPSA) is 129 Å². The number of carbonyl (C=O) groups is 1. The standard InChI is InChI=1S/C21H17N5O4/c1-29-17-9-8-13(10-15(17)20(28)30-2)12-23-26-21-24-18(14-6-4-3-5-7-14)16(11-22)19(27)25-21/h3-10,12H,1-2H3,(H2,24,25,26,27). The Morgan fingerprint density at radius 1 is 1.23 bits per heavy atom. The highest BCUT2D eigenvalue weighted by Gasteiger charge is 2.14. The van der Waals surface area contributed by atoms with Crippen molar-refractivity contribution in [1.82, 2.24) is 9.97 Å². The maximum absolute atomic E-state index is 12.2. The Kier molecular flexibility index (Phi) is 6.20. The van der Waals surface area contributed by atoms with Crippen molar-refractivity contribution in [3.63, 3.8) is 0 Å². The molecule has 1 aromatic heterocycles. The average Bonchev–Trinajstić information content (AvgIpc) is 2.78. The van der Waals surface area contributed by atoms with Crippen LogP contribution in [0.1, 0.15) is 21.5 Å². The van der Waals surface area contributed by atoms with Gasteiger partial charge in [0, 0.05) is 5.56 Å². The van der Waals surface area contributed by atoms with Crippen LogP contribution in [0, 0.1) is 11.3 Å². The Bertz CT molecular complexity index is 1200. The molecule has 0 aliphatic carbocycles. The molecule has 0 saturated carbocycles. The summed E-state index contributed by atoms with van der Waals surface area (Å²) in [6.07, 6.45) is 1.44. The van der Waals surface area contributed by atoms with Gasteiger partial charge in [-0.3, -0.25) is 9.78 Å². The molecule has 30 heavy (non-hydrogen) atoms. The number of hydrogen-bond acceptors (Lipinski definition) is 8. The number of rotatable bonds is 6. The smallest absolute Gasteiger partial charge is 0.341 e. The summed E-state index contributed by atoms with van der Waals surface area (Å²) in [5.41, 5.74) is 3.67. The number of hydrazone groups is 1. The number of carbonyl (C=O) groups excluding carboxylic acids is 1. The van der Waals surface area contributed by atoms with Crippen LogP contribution in [0.4, 0.5) is 5.95 Å². The van der Waals surface area contributed by atoms with Crippen molar-refractivity contribution in [2.24, 2.45) is 5.10 Å². The van der Waals surface area contributed by atoms with E-state index in [1.54, 1.807) is 42.5 Å². The van der Waals surface area contributed by atoms with E-state index in [0.29, 0.717) is 16.9 Å². The minimum Gasteiger partial charge on any atom is -0.496 e. The lowest BCUT2D eigenvalue weighted by Crippen LogP contribution is -2.16. The van der Waals surface area contributed by atoms with Crippen LogP contribution in [-0.2, 0) is 4.74 Å². The maximum Gasteiger partial charge on any atom is 0.341 e. The molecule has 0 aliphatic rings. The Morgan fingerprint density at radius 2 is 2.00 bits per heavy atom. The first kappa shape index (κ1) is 20.3. The third-order valence-electron chi connectivity index (χ3n) is 4.09. The lowest BCUT2D eigenvalue weighted by atomic mass is 10.1. The first-order valence-electron chi connectivity index (χ1n) is 8.72. The second-order valence-electron chi connectivity index (χ2n) is 5.94. The molecular weight excluding hydrogens is 386 g/mol. The molecule has 0 aliphatic heterocycles. The number of nitrogens with one attached hydrogen (secondary N) is 2. The van der Waals surface area contributed by atoms with E-state index in [0.717, 1.165) is 0 Å². The summed E-state index contributed by atoms with van der Waals surface area (Å²) < 4.78 is 9.89. The molecule has 150 valence electrons. The van der Waals surface area contributed by atoms with Gasteiger partial charge in [-0.2, -0.15) is 10.4 Å². The normalized spacial score (nSPS) is 10.4. The molecule has 0 radical (unpaired) electrons. The number of nitrogens with zero attached hydrogens (tertiary/aromatic N) is 3. The summed E-state index contributed by atoms with van der Waals surface area (Å²) in [5, 5.41) is 13.3. The van der Waals surface area contributed by atoms with Gasteiger partial charge in [-0.25, -0.2) is 15.2 Å². The third kappa shape index (κ3) is 4.34. The van der Waals surface area contributed by atoms with Crippen LogP contribution in [-0.4, -0.2) is 36.4 Å². The van der Waals surface area contributed by atoms with Gasteiger partial charge in [0.25, 0.3) is 5.56 Å². The zero-order valence-electron chi connectivity index (χ0n) is 16.2. The van der Waals surface area contributed by atoms with Gasteiger partial charge in [0.1, 0.15) is 22.9 Å². The van der Waals surface area contributed by atoms with E-state index in [1.165, 1.54) is 20.4 Å². The number of esters is 1. The molecule has 9 heteroatoms. The van der Waals surface area contributed by atoms with E-state index in [-0.39, 0.29) is 22.8 Å². The first-order chi connectivity index (χ1) is 14.6. The highest BCUT2D eigenvalue weighted by Crippen LogP contribution is 2.21. The van der Waals surface area contributed by atoms with Gasteiger partial charge < -0.3 is 9.47 Å². The Hall–Kier alpha value is -4.45. The second kappa shape index (κ2) is 9.16. The molecule has 2 N–H and O–H groups in total. The van der Waals surface area contributed by atoms with E-state index in [4.69, 9.17) is 9.47 Å². The third-order valence-corrected chi connectivity index (χ3v) is 4.09. The molecule has 3 aromatic rings. The van der Waals surface area contributed by atoms with Crippen molar-refractivity contribution in [2.75, 3.05) is 19.6 Å².